The molecule has 0 aromatic heterocycles. The molecule has 0 fully saturated rings. The molecule has 0 atom stereocenters. The van der Waals surface area contributed by atoms with Crippen LogP contribution in [0.2, 0.25) is 0 Å². The summed E-state index contributed by atoms with van der Waals surface area (Å²) < 4.78 is 18.4. The maximum atomic E-state index is 13.4. The Balaban J connectivity index is 3.10. The number of halogens is 1. The molecule has 0 aliphatic heterocycles. The molecule has 15 heavy (non-hydrogen) atoms. The molecule has 0 amide bonds. The van der Waals surface area contributed by atoms with Gasteiger partial charge >= 0.3 is 0 Å². The summed E-state index contributed by atoms with van der Waals surface area (Å²) in [7, 11) is 1.46. The van der Waals surface area contributed by atoms with Crippen molar-refractivity contribution in [3.05, 3.63) is 29.1 Å². The SMILES string of the molecule is COc1cc(F)c(C(=O)CCN)cc1C. The highest BCUT2D eigenvalue weighted by Gasteiger charge is 2.13. The third kappa shape index (κ3) is 2.53. The van der Waals surface area contributed by atoms with Gasteiger partial charge in [0.2, 0.25) is 0 Å². The number of hydrogen-bond donors (Lipinski definition) is 1. The van der Waals surface area contributed by atoms with Gasteiger partial charge in [-0.2, -0.15) is 0 Å². The van der Waals surface area contributed by atoms with Crippen molar-refractivity contribution in [2.24, 2.45) is 5.73 Å². The number of hydrogen-bond acceptors (Lipinski definition) is 3. The third-order valence-corrected chi connectivity index (χ3v) is 2.16. The molecule has 0 unspecified atom stereocenters. The highest BCUT2D eigenvalue weighted by Crippen LogP contribution is 2.22. The van der Waals surface area contributed by atoms with Crippen LogP contribution in [0.5, 0.6) is 5.75 Å². The van der Waals surface area contributed by atoms with Gasteiger partial charge in [-0.05, 0) is 25.1 Å². The van der Waals surface area contributed by atoms with E-state index in [1.807, 2.05) is 0 Å². The van der Waals surface area contributed by atoms with Crippen molar-refractivity contribution in [3.8, 4) is 5.75 Å². The minimum absolute atomic E-state index is 0.0822. The van der Waals surface area contributed by atoms with Gasteiger partial charge < -0.3 is 10.5 Å². The second-order valence-electron chi connectivity index (χ2n) is 3.26. The first-order chi connectivity index (χ1) is 7.10. The number of Topliss-reactive ketones (excluding diaryl/α,β-unsaturated/α-hetero) is 1. The minimum Gasteiger partial charge on any atom is -0.496 e. The summed E-state index contributed by atoms with van der Waals surface area (Å²) in [6.45, 7) is 1.99. The lowest BCUT2D eigenvalue weighted by molar-refractivity contribution is 0.0981. The fraction of sp³-hybridized carbons (Fsp3) is 0.364. The number of benzene rings is 1. The van der Waals surface area contributed by atoms with Gasteiger partial charge in [0.05, 0.1) is 12.7 Å². The summed E-state index contributed by atoms with van der Waals surface area (Å²) >= 11 is 0. The molecule has 0 saturated heterocycles. The summed E-state index contributed by atoms with van der Waals surface area (Å²) in [6, 6.07) is 2.71. The van der Waals surface area contributed by atoms with Gasteiger partial charge in [0.15, 0.2) is 5.78 Å². The maximum Gasteiger partial charge on any atom is 0.167 e. The van der Waals surface area contributed by atoms with E-state index >= 15 is 0 Å². The van der Waals surface area contributed by atoms with E-state index in [0.29, 0.717) is 5.75 Å². The molecule has 1 aromatic rings. The molecule has 3 nitrogen and oxygen atoms in total. The van der Waals surface area contributed by atoms with Crippen molar-refractivity contribution >= 4 is 5.78 Å². The summed E-state index contributed by atoms with van der Waals surface area (Å²) in [5, 5.41) is 0. The highest BCUT2D eigenvalue weighted by atomic mass is 19.1. The molecular formula is C11H14FNO2. The van der Waals surface area contributed by atoms with Crippen LogP contribution in [0.25, 0.3) is 0 Å². The van der Waals surface area contributed by atoms with Gasteiger partial charge in [-0.25, -0.2) is 4.39 Å². The number of ether oxygens (including phenoxy) is 1. The number of methoxy groups -OCH3 is 1. The zero-order valence-electron chi connectivity index (χ0n) is 8.84. The van der Waals surface area contributed by atoms with Crippen LogP contribution in [0.4, 0.5) is 4.39 Å². The predicted molar refractivity (Wildman–Crippen MR) is 55.7 cm³/mol. The van der Waals surface area contributed by atoms with Crippen molar-refractivity contribution < 1.29 is 13.9 Å². The minimum atomic E-state index is -0.559. The molecule has 82 valence electrons. The van der Waals surface area contributed by atoms with Crippen molar-refractivity contribution in [3.63, 3.8) is 0 Å². The first kappa shape index (κ1) is 11.7. The second kappa shape index (κ2) is 4.89. The predicted octanol–water partition coefficient (Wildman–Crippen LogP) is 1.67. The van der Waals surface area contributed by atoms with Gasteiger partial charge in [-0.1, -0.05) is 0 Å². The lowest BCUT2D eigenvalue weighted by Crippen LogP contribution is -2.10. The number of aryl methyl sites for hydroxylation is 1. The first-order valence-electron chi connectivity index (χ1n) is 4.67. The lowest BCUT2D eigenvalue weighted by Gasteiger charge is -2.07. The Morgan fingerprint density at radius 2 is 2.20 bits per heavy atom. The van der Waals surface area contributed by atoms with Crippen LogP contribution in [-0.2, 0) is 0 Å². The molecule has 0 saturated carbocycles. The molecule has 1 rings (SSSR count). The Morgan fingerprint density at radius 1 is 1.53 bits per heavy atom. The molecule has 0 spiro atoms. The van der Waals surface area contributed by atoms with Gasteiger partial charge in [0, 0.05) is 12.5 Å². The van der Waals surface area contributed by atoms with E-state index in [1.165, 1.54) is 19.2 Å². The average molecular weight is 211 g/mol. The Hall–Kier alpha value is -1.42. The Labute approximate surface area is 88.0 Å². The monoisotopic (exact) mass is 211 g/mol. The fourth-order valence-corrected chi connectivity index (χ4v) is 1.36. The molecule has 0 aliphatic carbocycles. The van der Waals surface area contributed by atoms with E-state index in [0.717, 1.165) is 5.56 Å². The number of ketones is 1. The lowest BCUT2D eigenvalue weighted by atomic mass is 10.0. The van der Waals surface area contributed by atoms with Crippen molar-refractivity contribution in [2.45, 2.75) is 13.3 Å². The largest absolute Gasteiger partial charge is 0.496 e. The van der Waals surface area contributed by atoms with Crippen LogP contribution in [0.15, 0.2) is 12.1 Å². The summed E-state index contributed by atoms with van der Waals surface area (Å²) in [6.07, 6.45) is 0.155. The molecular weight excluding hydrogens is 197 g/mol. The zero-order valence-corrected chi connectivity index (χ0v) is 8.84. The van der Waals surface area contributed by atoms with E-state index < -0.39 is 5.82 Å². The third-order valence-electron chi connectivity index (χ3n) is 2.16. The quantitative estimate of drug-likeness (QED) is 0.771. The number of nitrogens with two attached hydrogens (primary N) is 1. The van der Waals surface area contributed by atoms with E-state index in [2.05, 4.69) is 0 Å². The van der Waals surface area contributed by atoms with Crippen LogP contribution in [-0.4, -0.2) is 19.4 Å². The van der Waals surface area contributed by atoms with Crippen molar-refractivity contribution in [1.82, 2.24) is 0 Å². The summed E-state index contributed by atoms with van der Waals surface area (Å²) in [4.78, 5) is 11.5. The number of carbonyl (C=O) groups is 1. The van der Waals surface area contributed by atoms with Gasteiger partial charge in [0.1, 0.15) is 11.6 Å². The smallest absolute Gasteiger partial charge is 0.167 e. The second-order valence-corrected chi connectivity index (χ2v) is 3.26. The van der Waals surface area contributed by atoms with Crippen molar-refractivity contribution in [1.29, 1.82) is 0 Å². The van der Waals surface area contributed by atoms with Crippen LogP contribution in [0, 0.1) is 12.7 Å². The maximum absolute atomic E-state index is 13.4. The number of carbonyl (C=O) groups excluding carboxylic acids is 1. The molecule has 4 heteroatoms. The topological polar surface area (TPSA) is 52.3 Å². The normalized spacial score (nSPS) is 10.1. The highest BCUT2D eigenvalue weighted by molar-refractivity contribution is 5.96. The Morgan fingerprint density at radius 3 is 2.73 bits per heavy atom. The zero-order chi connectivity index (χ0) is 11.4. The van der Waals surface area contributed by atoms with Gasteiger partial charge in [-0.15, -0.1) is 0 Å². The van der Waals surface area contributed by atoms with Crippen LogP contribution in [0.1, 0.15) is 22.3 Å². The summed E-state index contributed by atoms with van der Waals surface area (Å²) in [5.74, 6) is -0.395. The Kier molecular flexibility index (Phi) is 3.80. The first-order valence-corrected chi connectivity index (χ1v) is 4.67. The standard InChI is InChI=1S/C11H14FNO2/c1-7-5-8(10(14)3-4-13)9(12)6-11(7)15-2/h5-6H,3-4,13H2,1-2H3. The van der Waals surface area contributed by atoms with Crippen LogP contribution >= 0.6 is 0 Å². The molecule has 0 radical (unpaired) electrons. The van der Waals surface area contributed by atoms with Gasteiger partial charge in [-0.3, -0.25) is 4.79 Å². The molecule has 0 aliphatic rings. The molecule has 0 bridgehead atoms. The van der Waals surface area contributed by atoms with E-state index in [9.17, 15) is 9.18 Å². The fourth-order valence-electron chi connectivity index (χ4n) is 1.36. The van der Waals surface area contributed by atoms with E-state index in [-0.39, 0.29) is 24.3 Å². The van der Waals surface area contributed by atoms with Crippen LogP contribution < -0.4 is 10.5 Å². The Bertz CT molecular complexity index is 377. The molecule has 1 aromatic carbocycles. The van der Waals surface area contributed by atoms with E-state index in [4.69, 9.17) is 10.5 Å². The molecule has 0 heterocycles. The van der Waals surface area contributed by atoms with Crippen molar-refractivity contribution in [2.75, 3.05) is 13.7 Å². The van der Waals surface area contributed by atoms with E-state index in [1.54, 1.807) is 6.92 Å². The van der Waals surface area contributed by atoms with Gasteiger partial charge in [0.25, 0.3) is 0 Å². The van der Waals surface area contributed by atoms with Crippen LogP contribution in [0.3, 0.4) is 0 Å². The average Bonchev–Trinajstić information content (AvgIpc) is 2.21. The molecule has 2 N–H and O–H groups in total. The summed E-state index contributed by atoms with van der Waals surface area (Å²) in [5.41, 5.74) is 6.06. The number of rotatable bonds is 4.